The summed E-state index contributed by atoms with van der Waals surface area (Å²) >= 11 is 0. The number of carbonyl (C=O) groups is 2. The lowest BCUT2D eigenvalue weighted by Crippen LogP contribution is -2.57. The van der Waals surface area contributed by atoms with Gasteiger partial charge in [-0.1, -0.05) is 0 Å². The average molecular weight is 370 g/mol. The summed E-state index contributed by atoms with van der Waals surface area (Å²) < 4.78 is 0. The average Bonchev–Trinajstić information content (AvgIpc) is 2.60. The van der Waals surface area contributed by atoms with Crippen LogP contribution in [0.3, 0.4) is 0 Å². The molecule has 2 atom stereocenters. The third-order valence-electron chi connectivity index (χ3n) is 7.33. The van der Waals surface area contributed by atoms with Crippen molar-refractivity contribution in [2.45, 2.75) is 64.5 Å². The summed E-state index contributed by atoms with van der Waals surface area (Å²) in [6.07, 6.45) is 8.29. The molecule has 5 heteroatoms. The summed E-state index contributed by atoms with van der Waals surface area (Å²) in [6.45, 7) is 4.21. The summed E-state index contributed by atoms with van der Waals surface area (Å²) in [4.78, 5) is 23.8. The van der Waals surface area contributed by atoms with Crippen molar-refractivity contribution < 1.29 is 9.59 Å². The van der Waals surface area contributed by atoms with Gasteiger partial charge in [0.05, 0.1) is 6.04 Å². The third-order valence-corrected chi connectivity index (χ3v) is 7.33. The Morgan fingerprint density at radius 1 is 1.00 bits per heavy atom. The van der Waals surface area contributed by atoms with E-state index in [0.29, 0.717) is 22.7 Å². The zero-order valence-electron chi connectivity index (χ0n) is 16.3. The molecule has 0 aromatic heterocycles. The van der Waals surface area contributed by atoms with Gasteiger partial charge in [-0.3, -0.25) is 9.59 Å². The van der Waals surface area contributed by atoms with Gasteiger partial charge >= 0.3 is 0 Å². The Kier molecular flexibility index (Phi) is 4.75. The first-order valence-corrected chi connectivity index (χ1v) is 10.3. The van der Waals surface area contributed by atoms with Crippen molar-refractivity contribution in [1.29, 1.82) is 0 Å². The van der Waals surface area contributed by atoms with Gasteiger partial charge in [0.1, 0.15) is 0 Å². The second-order valence-electron chi connectivity index (χ2n) is 9.32. The van der Waals surface area contributed by atoms with Crippen LogP contribution in [0, 0.1) is 23.2 Å². The largest absolute Gasteiger partial charge is 0.366 e. The van der Waals surface area contributed by atoms with Gasteiger partial charge in [0, 0.05) is 17.3 Å². The Balaban J connectivity index is 1.36. The van der Waals surface area contributed by atoms with E-state index < -0.39 is 5.91 Å². The van der Waals surface area contributed by atoms with Crippen LogP contribution in [0.2, 0.25) is 0 Å². The number of rotatable bonds is 6. The molecule has 2 amide bonds. The molecule has 4 aliphatic carbocycles. The van der Waals surface area contributed by atoms with Crippen LogP contribution >= 0.6 is 0 Å². The maximum Gasteiger partial charge on any atom is 0.248 e. The summed E-state index contributed by atoms with van der Waals surface area (Å²) in [5, 5.41) is 6.53. The minimum Gasteiger partial charge on any atom is -0.366 e. The molecule has 27 heavy (non-hydrogen) atoms. The Bertz CT molecular complexity index is 692. The van der Waals surface area contributed by atoms with Crippen LogP contribution in [-0.4, -0.2) is 23.9 Å². The molecule has 5 rings (SSSR count). The summed E-state index contributed by atoms with van der Waals surface area (Å²) in [5.74, 6) is 2.22. The number of hydrogen-bond acceptors (Lipinski definition) is 3. The lowest BCUT2D eigenvalue weighted by Gasteiger charge is -2.59. The molecule has 1 aromatic rings. The number of nitrogens with one attached hydrogen (secondary N) is 2. The van der Waals surface area contributed by atoms with Gasteiger partial charge in [-0.2, -0.15) is 0 Å². The van der Waals surface area contributed by atoms with Crippen LogP contribution in [-0.2, 0) is 4.79 Å². The molecular weight excluding hydrogens is 338 g/mol. The quantitative estimate of drug-likeness (QED) is 0.719. The molecule has 0 saturated heterocycles. The number of hydrogen-bond donors (Lipinski definition) is 3. The van der Waals surface area contributed by atoms with Crippen LogP contribution in [0.1, 0.15) is 62.7 Å². The first-order chi connectivity index (χ1) is 12.8. The summed E-state index contributed by atoms with van der Waals surface area (Å²) in [5.41, 5.74) is 6.76. The highest BCUT2D eigenvalue weighted by atomic mass is 16.2. The van der Waals surface area contributed by atoms with Crippen molar-refractivity contribution in [1.82, 2.24) is 5.32 Å². The van der Waals surface area contributed by atoms with Gasteiger partial charge in [-0.25, -0.2) is 0 Å². The van der Waals surface area contributed by atoms with Gasteiger partial charge in [0.15, 0.2) is 0 Å². The fourth-order valence-corrected chi connectivity index (χ4v) is 6.30. The van der Waals surface area contributed by atoms with E-state index in [1.165, 1.54) is 38.5 Å². The molecule has 4 bridgehead atoms. The molecule has 146 valence electrons. The first kappa shape index (κ1) is 18.5. The number of anilines is 1. The molecule has 4 fully saturated rings. The number of benzene rings is 1. The zero-order chi connectivity index (χ0) is 19.2. The van der Waals surface area contributed by atoms with Gasteiger partial charge in [0.25, 0.3) is 0 Å². The first-order valence-electron chi connectivity index (χ1n) is 10.3. The number of amides is 2. The second-order valence-corrected chi connectivity index (χ2v) is 9.32. The SMILES string of the molecule is C[C@H](N[C@@H](C)C12CC3CC(CC(C3)C1)C2)C(=O)Nc1ccc(C(N)=O)cc1. The third kappa shape index (κ3) is 3.62. The summed E-state index contributed by atoms with van der Waals surface area (Å²) in [7, 11) is 0. The van der Waals surface area contributed by atoms with E-state index in [2.05, 4.69) is 17.6 Å². The maximum absolute atomic E-state index is 12.6. The molecule has 4 aliphatic rings. The number of nitrogens with two attached hydrogens (primary N) is 1. The van der Waals surface area contributed by atoms with E-state index in [-0.39, 0.29) is 11.9 Å². The Labute approximate surface area is 161 Å². The van der Waals surface area contributed by atoms with Gasteiger partial charge in [0.2, 0.25) is 11.8 Å². The van der Waals surface area contributed by atoms with Crippen LogP contribution in [0.15, 0.2) is 24.3 Å². The predicted octanol–water partition coefficient (Wildman–Crippen LogP) is 3.31. The van der Waals surface area contributed by atoms with Crippen LogP contribution < -0.4 is 16.4 Å². The van der Waals surface area contributed by atoms with E-state index >= 15 is 0 Å². The van der Waals surface area contributed by atoms with E-state index in [1.54, 1.807) is 24.3 Å². The van der Waals surface area contributed by atoms with Crippen molar-refractivity contribution in [3.63, 3.8) is 0 Å². The van der Waals surface area contributed by atoms with Crippen LogP contribution in [0.4, 0.5) is 5.69 Å². The Hall–Kier alpha value is -1.88. The maximum atomic E-state index is 12.6. The standard InChI is InChI=1S/C22H31N3O2/c1-13(21(27)25-19-5-3-18(4-6-19)20(23)26)24-14(2)22-10-15-7-16(11-22)9-17(8-15)12-22/h3-6,13-17,24H,7-12H2,1-2H3,(H2,23,26)(H,25,27)/t13-,14-,15?,16?,17?,22?/m0/s1. The molecule has 0 unspecified atom stereocenters. The Morgan fingerprint density at radius 3 is 2.00 bits per heavy atom. The van der Waals surface area contributed by atoms with E-state index in [1.807, 2.05) is 6.92 Å². The van der Waals surface area contributed by atoms with Crippen molar-refractivity contribution in [3.05, 3.63) is 29.8 Å². The predicted molar refractivity (Wildman–Crippen MR) is 106 cm³/mol. The van der Waals surface area contributed by atoms with E-state index in [0.717, 1.165) is 17.8 Å². The van der Waals surface area contributed by atoms with Crippen LogP contribution in [0.25, 0.3) is 0 Å². The Morgan fingerprint density at radius 2 is 1.52 bits per heavy atom. The smallest absolute Gasteiger partial charge is 0.248 e. The molecule has 4 saturated carbocycles. The summed E-state index contributed by atoms with van der Waals surface area (Å²) in [6, 6.07) is 6.79. The topological polar surface area (TPSA) is 84.2 Å². The minimum atomic E-state index is -0.465. The van der Waals surface area contributed by atoms with E-state index in [4.69, 9.17) is 5.73 Å². The highest BCUT2D eigenvalue weighted by Crippen LogP contribution is 2.61. The molecule has 5 nitrogen and oxygen atoms in total. The molecular formula is C22H31N3O2. The second kappa shape index (κ2) is 6.93. The van der Waals surface area contributed by atoms with Gasteiger partial charge in [-0.05, 0) is 99.8 Å². The fourth-order valence-electron chi connectivity index (χ4n) is 6.30. The molecule has 0 radical (unpaired) electrons. The van der Waals surface area contributed by atoms with Crippen molar-refractivity contribution in [3.8, 4) is 0 Å². The monoisotopic (exact) mass is 369 g/mol. The molecule has 1 aromatic carbocycles. The fraction of sp³-hybridized carbons (Fsp3) is 0.636. The minimum absolute atomic E-state index is 0.0431. The normalized spacial score (nSPS) is 33.5. The highest BCUT2D eigenvalue weighted by Gasteiger charge is 2.53. The number of primary amides is 1. The lowest BCUT2D eigenvalue weighted by molar-refractivity contribution is -0.119. The van der Waals surface area contributed by atoms with Crippen molar-refractivity contribution in [2.24, 2.45) is 28.9 Å². The zero-order valence-corrected chi connectivity index (χ0v) is 16.3. The van der Waals surface area contributed by atoms with Gasteiger partial charge in [-0.15, -0.1) is 0 Å². The molecule has 0 heterocycles. The number of carbonyl (C=O) groups excluding carboxylic acids is 2. The highest BCUT2D eigenvalue weighted by molar-refractivity contribution is 5.96. The van der Waals surface area contributed by atoms with Crippen LogP contribution in [0.5, 0.6) is 0 Å². The molecule has 0 aliphatic heterocycles. The van der Waals surface area contributed by atoms with Crippen molar-refractivity contribution >= 4 is 17.5 Å². The van der Waals surface area contributed by atoms with Crippen molar-refractivity contribution in [2.75, 3.05) is 5.32 Å². The van der Waals surface area contributed by atoms with E-state index in [9.17, 15) is 9.59 Å². The lowest BCUT2D eigenvalue weighted by atomic mass is 9.48. The molecule has 4 N–H and O–H groups in total. The molecule has 0 spiro atoms. The van der Waals surface area contributed by atoms with Gasteiger partial charge < -0.3 is 16.4 Å².